The summed E-state index contributed by atoms with van der Waals surface area (Å²) >= 11 is 1.92. The summed E-state index contributed by atoms with van der Waals surface area (Å²) in [5, 5.41) is 0. The van der Waals surface area contributed by atoms with Gasteiger partial charge in [-0.05, 0) is 42.6 Å². The Bertz CT molecular complexity index is 627. The van der Waals surface area contributed by atoms with Crippen molar-refractivity contribution in [3.63, 3.8) is 0 Å². The molecule has 0 atom stereocenters. The number of halogens is 1. The zero-order valence-corrected chi connectivity index (χ0v) is 15.5. The van der Waals surface area contributed by atoms with Gasteiger partial charge in [0.2, 0.25) is 0 Å². The van der Waals surface area contributed by atoms with E-state index in [1.54, 1.807) is 0 Å². The minimum atomic E-state index is 0. The fourth-order valence-electron chi connectivity index (χ4n) is 3.66. The van der Waals surface area contributed by atoms with Gasteiger partial charge in [0.1, 0.15) is 0 Å². The van der Waals surface area contributed by atoms with Crippen molar-refractivity contribution < 1.29 is 4.74 Å². The lowest BCUT2D eigenvalue weighted by Gasteiger charge is -2.30. The van der Waals surface area contributed by atoms with Crippen molar-refractivity contribution >= 4 is 24.2 Å². The Morgan fingerprint density at radius 1 is 0.917 bits per heavy atom. The first-order valence-electron chi connectivity index (χ1n) is 8.57. The summed E-state index contributed by atoms with van der Waals surface area (Å²) in [7, 11) is 0. The molecule has 2 aliphatic rings. The zero-order chi connectivity index (χ0) is 15.5. The molecule has 1 saturated heterocycles. The first-order chi connectivity index (χ1) is 11.4. The average Bonchev–Trinajstić information content (AvgIpc) is 2.62. The van der Waals surface area contributed by atoms with Gasteiger partial charge in [-0.15, -0.1) is 12.4 Å². The Kier molecular flexibility index (Phi) is 6.23. The van der Waals surface area contributed by atoms with Crippen LogP contribution in [0.3, 0.4) is 0 Å². The van der Waals surface area contributed by atoms with Crippen molar-refractivity contribution in [1.29, 1.82) is 0 Å². The standard InChI is InChI=1S/C20H23NOS.ClH/c1-3-9-19-17(6-1)16(18-7-2-4-10-20(18)23-19)8-5-11-21-12-14-22-15-13-21;/h1-4,6-7,9-10,16H,5,8,11-15H2;1H. The summed E-state index contributed by atoms with van der Waals surface area (Å²) in [4.78, 5) is 5.41. The molecule has 2 aliphatic heterocycles. The second-order valence-corrected chi connectivity index (χ2v) is 7.41. The molecule has 0 aromatic heterocycles. The Morgan fingerprint density at radius 2 is 1.50 bits per heavy atom. The van der Waals surface area contributed by atoms with Crippen molar-refractivity contribution in [2.75, 3.05) is 32.8 Å². The molecular weight excluding hydrogens is 338 g/mol. The van der Waals surface area contributed by atoms with Crippen LogP contribution in [0.15, 0.2) is 58.3 Å². The third-order valence-electron chi connectivity index (χ3n) is 4.88. The van der Waals surface area contributed by atoms with Crippen LogP contribution in [0.2, 0.25) is 0 Å². The molecule has 0 radical (unpaired) electrons. The number of morpholine rings is 1. The van der Waals surface area contributed by atoms with E-state index in [0.29, 0.717) is 5.92 Å². The van der Waals surface area contributed by atoms with Crippen LogP contribution in [-0.2, 0) is 4.74 Å². The quantitative estimate of drug-likeness (QED) is 0.774. The molecule has 2 aromatic rings. The molecular formula is C20H24ClNOS. The molecule has 0 saturated carbocycles. The highest BCUT2D eigenvalue weighted by atomic mass is 35.5. The average molecular weight is 362 g/mol. The van der Waals surface area contributed by atoms with E-state index < -0.39 is 0 Å². The molecule has 128 valence electrons. The lowest BCUT2D eigenvalue weighted by Crippen LogP contribution is -2.36. The highest BCUT2D eigenvalue weighted by Gasteiger charge is 2.25. The maximum absolute atomic E-state index is 5.44. The fourth-order valence-corrected chi connectivity index (χ4v) is 4.85. The molecule has 2 aromatic carbocycles. The minimum Gasteiger partial charge on any atom is -0.379 e. The van der Waals surface area contributed by atoms with Crippen LogP contribution in [0, 0.1) is 0 Å². The van der Waals surface area contributed by atoms with Crippen molar-refractivity contribution in [1.82, 2.24) is 4.90 Å². The van der Waals surface area contributed by atoms with E-state index in [0.717, 1.165) is 26.3 Å². The molecule has 4 rings (SSSR count). The van der Waals surface area contributed by atoms with Crippen LogP contribution in [0.4, 0.5) is 0 Å². The number of hydrogen-bond acceptors (Lipinski definition) is 3. The van der Waals surface area contributed by atoms with E-state index in [2.05, 4.69) is 53.4 Å². The number of nitrogens with zero attached hydrogens (tertiary/aromatic N) is 1. The molecule has 0 spiro atoms. The molecule has 4 heteroatoms. The van der Waals surface area contributed by atoms with Crippen LogP contribution in [0.1, 0.15) is 29.9 Å². The summed E-state index contributed by atoms with van der Waals surface area (Å²) in [6.07, 6.45) is 2.48. The molecule has 0 bridgehead atoms. The second-order valence-electron chi connectivity index (χ2n) is 6.33. The van der Waals surface area contributed by atoms with Crippen LogP contribution in [0.5, 0.6) is 0 Å². The highest BCUT2D eigenvalue weighted by molar-refractivity contribution is 7.99. The SMILES string of the molecule is Cl.c1ccc2c(c1)Sc1ccccc1C2CCCN1CCOCC1. The number of hydrogen-bond donors (Lipinski definition) is 0. The lowest BCUT2D eigenvalue weighted by molar-refractivity contribution is 0.0370. The molecule has 0 N–H and O–H groups in total. The van der Waals surface area contributed by atoms with E-state index >= 15 is 0 Å². The largest absolute Gasteiger partial charge is 0.379 e. The van der Waals surface area contributed by atoms with Crippen LogP contribution >= 0.6 is 24.2 Å². The first-order valence-corrected chi connectivity index (χ1v) is 9.39. The maximum atomic E-state index is 5.44. The van der Waals surface area contributed by atoms with Gasteiger partial charge in [0, 0.05) is 28.8 Å². The Labute approximate surface area is 155 Å². The maximum Gasteiger partial charge on any atom is 0.0594 e. The third-order valence-corrected chi connectivity index (χ3v) is 6.06. The van der Waals surface area contributed by atoms with E-state index in [4.69, 9.17) is 4.74 Å². The Balaban J connectivity index is 0.00000169. The van der Waals surface area contributed by atoms with Gasteiger partial charge in [-0.1, -0.05) is 48.2 Å². The summed E-state index contributed by atoms with van der Waals surface area (Å²) in [6.45, 7) is 5.16. The summed E-state index contributed by atoms with van der Waals surface area (Å²) < 4.78 is 5.44. The highest BCUT2D eigenvalue weighted by Crippen LogP contribution is 2.47. The van der Waals surface area contributed by atoms with E-state index in [9.17, 15) is 0 Å². The van der Waals surface area contributed by atoms with Crippen molar-refractivity contribution in [3.05, 3.63) is 59.7 Å². The Hall–Kier alpha value is -1.00. The number of ether oxygens (including phenoxy) is 1. The third kappa shape index (κ3) is 3.80. The molecule has 0 amide bonds. The van der Waals surface area contributed by atoms with Gasteiger partial charge in [0.25, 0.3) is 0 Å². The van der Waals surface area contributed by atoms with Gasteiger partial charge in [-0.25, -0.2) is 0 Å². The predicted molar refractivity (Wildman–Crippen MR) is 103 cm³/mol. The van der Waals surface area contributed by atoms with Gasteiger partial charge >= 0.3 is 0 Å². The fraction of sp³-hybridized carbons (Fsp3) is 0.400. The summed E-state index contributed by atoms with van der Waals surface area (Å²) in [5.41, 5.74) is 3.02. The molecule has 0 aliphatic carbocycles. The predicted octanol–water partition coefficient (Wildman–Crippen LogP) is 4.82. The van der Waals surface area contributed by atoms with Crippen LogP contribution < -0.4 is 0 Å². The summed E-state index contributed by atoms with van der Waals surface area (Å²) in [6, 6.07) is 17.9. The first kappa shape index (κ1) is 17.8. The van der Waals surface area contributed by atoms with Crippen molar-refractivity contribution in [3.8, 4) is 0 Å². The molecule has 2 nitrogen and oxygen atoms in total. The minimum absolute atomic E-state index is 0. The van der Waals surface area contributed by atoms with Gasteiger partial charge in [-0.2, -0.15) is 0 Å². The van der Waals surface area contributed by atoms with Gasteiger partial charge in [-0.3, -0.25) is 4.90 Å². The smallest absolute Gasteiger partial charge is 0.0594 e. The van der Waals surface area contributed by atoms with E-state index in [1.807, 2.05) is 11.8 Å². The monoisotopic (exact) mass is 361 g/mol. The zero-order valence-electron chi connectivity index (χ0n) is 13.8. The summed E-state index contributed by atoms with van der Waals surface area (Å²) in [5.74, 6) is 0.546. The molecule has 2 heterocycles. The number of fused-ring (bicyclic) bond motifs is 2. The van der Waals surface area contributed by atoms with E-state index in [-0.39, 0.29) is 12.4 Å². The van der Waals surface area contributed by atoms with Gasteiger partial charge in [0.15, 0.2) is 0 Å². The normalized spacial score (nSPS) is 17.7. The second kappa shape index (κ2) is 8.39. The number of benzene rings is 2. The lowest BCUT2D eigenvalue weighted by atomic mass is 9.87. The molecule has 1 fully saturated rings. The van der Waals surface area contributed by atoms with Gasteiger partial charge < -0.3 is 4.74 Å². The topological polar surface area (TPSA) is 12.5 Å². The molecule has 0 unspecified atom stereocenters. The number of rotatable bonds is 4. The van der Waals surface area contributed by atoms with E-state index in [1.165, 1.54) is 40.3 Å². The van der Waals surface area contributed by atoms with Gasteiger partial charge in [0.05, 0.1) is 13.2 Å². The van der Waals surface area contributed by atoms with Crippen LogP contribution in [0.25, 0.3) is 0 Å². The molecule has 24 heavy (non-hydrogen) atoms. The van der Waals surface area contributed by atoms with Crippen molar-refractivity contribution in [2.45, 2.75) is 28.6 Å². The van der Waals surface area contributed by atoms with Crippen molar-refractivity contribution in [2.24, 2.45) is 0 Å². The van der Waals surface area contributed by atoms with Crippen LogP contribution in [-0.4, -0.2) is 37.7 Å². The Morgan fingerprint density at radius 3 is 2.12 bits per heavy atom.